The highest BCUT2D eigenvalue weighted by Crippen LogP contribution is 2.29. The lowest BCUT2D eigenvalue weighted by molar-refractivity contribution is -0.113. The molecule has 1 amide bonds. The number of thioether (sulfide) groups is 1. The fourth-order valence-electron chi connectivity index (χ4n) is 2.15. The van der Waals surface area contributed by atoms with Gasteiger partial charge in [0, 0.05) is 4.47 Å². The van der Waals surface area contributed by atoms with Crippen molar-refractivity contribution in [3.63, 3.8) is 0 Å². The molecule has 27 heavy (non-hydrogen) atoms. The average Bonchev–Trinajstić information content (AvgIpc) is 3.38. The molecule has 0 fully saturated rings. The normalized spacial score (nSPS) is 11.0. The summed E-state index contributed by atoms with van der Waals surface area (Å²) in [5, 5.41) is 15.4. The summed E-state index contributed by atoms with van der Waals surface area (Å²) in [7, 11) is 0. The maximum absolute atomic E-state index is 12.2. The van der Waals surface area contributed by atoms with E-state index in [1.165, 1.54) is 34.4 Å². The van der Waals surface area contributed by atoms with Crippen LogP contribution in [0.2, 0.25) is 0 Å². The molecule has 3 aromatic heterocycles. The van der Waals surface area contributed by atoms with E-state index in [2.05, 4.69) is 41.7 Å². The van der Waals surface area contributed by atoms with E-state index in [-0.39, 0.29) is 11.7 Å². The van der Waals surface area contributed by atoms with Gasteiger partial charge in [0.2, 0.25) is 11.0 Å². The number of carbonyl (C=O) groups excluding carboxylic acids is 1. The van der Waals surface area contributed by atoms with E-state index in [0.29, 0.717) is 16.8 Å². The van der Waals surface area contributed by atoms with E-state index in [4.69, 9.17) is 4.42 Å². The zero-order valence-electron chi connectivity index (χ0n) is 13.6. The highest BCUT2D eigenvalue weighted by atomic mass is 79.9. The summed E-state index contributed by atoms with van der Waals surface area (Å²) in [6, 6.07) is 9.54. The van der Waals surface area contributed by atoms with Crippen molar-refractivity contribution in [3.8, 4) is 0 Å². The van der Waals surface area contributed by atoms with E-state index in [1.54, 1.807) is 6.26 Å². The molecule has 0 radical (unpaired) electrons. The molecular weight excluding hydrogens is 470 g/mol. The summed E-state index contributed by atoms with van der Waals surface area (Å²) < 4.78 is 7.98. The SMILES string of the molecule is O=C(CSc1nnc(NCc2ccco2)s1)Nc1nc2ccc(Br)cc2s1. The Bertz CT molecular complexity index is 1060. The third-order valence-corrected chi connectivity index (χ3v) is 6.77. The summed E-state index contributed by atoms with van der Waals surface area (Å²) >= 11 is 7.62. The first kappa shape index (κ1) is 18.4. The molecule has 0 unspecified atom stereocenters. The molecule has 0 aliphatic rings. The van der Waals surface area contributed by atoms with Gasteiger partial charge in [-0.15, -0.1) is 10.2 Å². The zero-order chi connectivity index (χ0) is 18.6. The maximum Gasteiger partial charge on any atom is 0.236 e. The molecule has 0 spiro atoms. The van der Waals surface area contributed by atoms with Gasteiger partial charge in [-0.2, -0.15) is 0 Å². The number of hydrogen-bond donors (Lipinski definition) is 2. The number of nitrogens with zero attached hydrogens (tertiary/aromatic N) is 3. The summed E-state index contributed by atoms with van der Waals surface area (Å²) in [5.41, 5.74) is 0.863. The van der Waals surface area contributed by atoms with Gasteiger partial charge in [-0.05, 0) is 30.3 Å². The highest BCUT2D eigenvalue weighted by molar-refractivity contribution is 9.10. The second kappa shape index (κ2) is 8.38. The molecule has 0 saturated carbocycles. The topological polar surface area (TPSA) is 92.9 Å². The molecule has 4 aromatic rings. The first-order chi connectivity index (χ1) is 13.2. The fraction of sp³-hybridized carbons (Fsp3) is 0.125. The number of aromatic nitrogens is 3. The van der Waals surface area contributed by atoms with Crippen LogP contribution in [0.15, 0.2) is 49.8 Å². The summed E-state index contributed by atoms with van der Waals surface area (Å²) in [6.07, 6.45) is 1.63. The first-order valence-corrected chi connectivity index (χ1v) is 11.2. The molecule has 0 aliphatic heterocycles. The predicted molar refractivity (Wildman–Crippen MR) is 113 cm³/mol. The molecule has 0 saturated heterocycles. The van der Waals surface area contributed by atoms with Crippen LogP contribution in [0.5, 0.6) is 0 Å². The molecular formula is C16H12BrN5O2S3. The van der Waals surface area contributed by atoms with Gasteiger partial charge in [0.1, 0.15) is 5.76 Å². The lowest BCUT2D eigenvalue weighted by Crippen LogP contribution is -2.13. The Balaban J connectivity index is 1.28. The number of thiazole rings is 1. The molecule has 11 heteroatoms. The van der Waals surface area contributed by atoms with Gasteiger partial charge in [-0.25, -0.2) is 4.98 Å². The smallest absolute Gasteiger partial charge is 0.236 e. The molecule has 2 N–H and O–H groups in total. The van der Waals surface area contributed by atoms with Crippen molar-refractivity contribution in [2.45, 2.75) is 10.9 Å². The number of benzene rings is 1. The minimum Gasteiger partial charge on any atom is -0.467 e. The van der Waals surface area contributed by atoms with Crippen LogP contribution >= 0.6 is 50.4 Å². The monoisotopic (exact) mass is 481 g/mol. The van der Waals surface area contributed by atoms with Crippen molar-refractivity contribution >= 4 is 76.8 Å². The molecule has 7 nitrogen and oxygen atoms in total. The number of carbonyl (C=O) groups is 1. The van der Waals surface area contributed by atoms with Gasteiger partial charge < -0.3 is 15.1 Å². The molecule has 3 heterocycles. The molecule has 4 rings (SSSR count). The quantitative estimate of drug-likeness (QED) is 0.364. The lowest BCUT2D eigenvalue weighted by atomic mass is 10.3. The van der Waals surface area contributed by atoms with Crippen LogP contribution in [-0.4, -0.2) is 26.8 Å². The zero-order valence-corrected chi connectivity index (χ0v) is 17.7. The van der Waals surface area contributed by atoms with Crippen LogP contribution in [0.25, 0.3) is 10.2 Å². The molecule has 0 atom stereocenters. The first-order valence-electron chi connectivity index (χ1n) is 7.74. The fourth-order valence-corrected chi connectivity index (χ4v) is 5.13. The van der Waals surface area contributed by atoms with E-state index in [0.717, 1.165) is 24.8 Å². The minimum atomic E-state index is -0.126. The van der Waals surface area contributed by atoms with Gasteiger partial charge in [0.05, 0.1) is 28.8 Å². The van der Waals surface area contributed by atoms with E-state index >= 15 is 0 Å². The van der Waals surface area contributed by atoms with Crippen LogP contribution in [0.3, 0.4) is 0 Å². The lowest BCUT2D eigenvalue weighted by Gasteiger charge is -1.99. The van der Waals surface area contributed by atoms with Crippen molar-refractivity contribution in [3.05, 3.63) is 46.8 Å². The number of rotatable bonds is 7. The van der Waals surface area contributed by atoms with Gasteiger partial charge in [-0.1, -0.05) is 50.4 Å². The van der Waals surface area contributed by atoms with Crippen LogP contribution < -0.4 is 10.6 Å². The largest absolute Gasteiger partial charge is 0.467 e. The maximum atomic E-state index is 12.2. The number of fused-ring (bicyclic) bond motifs is 1. The number of furan rings is 1. The highest BCUT2D eigenvalue weighted by Gasteiger charge is 2.11. The molecule has 138 valence electrons. The molecule has 0 aliphatic carbocycles. The van der Waals surface area contributed by atoms with Crippen molar-refractivity contribution in [2.24, 2.45) is 0 Å². The Hall–Kier alpha value is -1.95. The average molecular weight is 482 g/mol. The van der Waals surface area contributed by atoms with Crippen molar-refractivity contribution in [1.82, 2.24) is 15.2 Å². The summed E-state index contributed by atoms with van der Waals surface area (Å²) in [6.45, 7) is 0.542. The number of amides is 1. The Kier molecular flexibility index (Phi) is 5.72. The molecule has 0 bridgehead atoms. The number of anilines is 2. The minimum absolute atomic E-state index is 0.126. The van der Waals surface area contributed by atoms with E-state index in [9.17, 15) is 4.79 Å². The second-order valence-corrected chi connectivity index (χ2v) is 9.42. The van der Waals surface area contributed by atoms with Gasteiger partial charge >= 0.3 is 0 Å². The number of halogens is 1. The Morgan fingerprint density at radius 2 is 2.15 bits per heavy atom. The Labute approximate surface area is 174 Å². The van der Waals surface area contributed by atoms with Crippen LogP contribution in [-0.2, 0) is 11.3 Å². The van der Waals surface area contributed by atoms with Gasteiger partial charge in [-0.3, -0.25) is 4.79 Å². The third kappa shape index (κ3) is 4.86. The number of nitrogens with one attached hydrogen (secondary N) is 2. The van der Waals surface area contributed by atoms with Crippen molar-refractivity contribution < 1.29 is 9.21 Å². The van der Waals surface area contributed by atoms with Crippen LogP contribution in [0.1, 0.15) is 5.76 Å². The Morgan fingerprint density at radius 1 is 1.22 bits per heavy atom. The van der Waals surface area contributed by atoms with Crippen molar-refractivity contribution in [2.75, 3.05) is 16.4 Å². The Morgan fingerprint density at radius 3 is 3.00 bits per heavy atom. The number of hydrogen-bond acceptors (Lipinski definition) is 9. The van der Waals surface area contributed by atoms with E-state index < -0.39 is 0 Å². The molecule has 1 aromatic carbocycles. The van der Waals surface area contributed by atoms with Crippen LogP contribution in [0.4, 0.5) is 10.3 Å². The summed E-state index contributed by atoms with van der Waals surface area (Å²) in [5.74, 6) is 0.937. The van der Waals surface area contributed by atoms with Gasteiger partial charge in [0.25, 0.3) is 0 Å². The third-order valence-electron chi connectivity index (χ3n) is 3.32. The standard InChI is InChI=1S/C16H12BrN5O2S3/c17-9-3-4-11-12(6-9)26-15(19-11)20-13(23)8-25-16-22-21-14(27-16)18-7-10-2-1-5-24-10/h1-6H,7-8H2,(H,18,21)(H,19,20,23). The summed E-state index contributed by atoms with van der Waals surface area (Å²) in [4.78, 5) is 16.6. The van der Waals surface area contributed by atoms with Gasteiger partial charge in [0.15, 0.2) is 9.47 Å². The predicted octanol–water partition coefficient (Wildman–Crippen LogP) is 4.85. The van der Waals surface area contributed by atoms with Crippen molar-refractivity contribution in [1.29, 1.82) is 0 Å². The van der Waals surface area contributed by atoms with Crippen LogP contribution in [0, 0.1) is 0 Å². The van der Waals surface area contributed by atoms with E-state index in [1.807, 2.05) is 30.3 Å². The second-order valence-electron chi connectivity index (χ2n) is 5.27.